The molecule has 594 valence electrons. The Balaban J connectivity index is 0.000000337. The van der Waals surface area contributed by atoms with E-state index in [0.717, 1.165) is 238 Å². The number of hydrogen-bond donors (Lipinski definition) is 6. The zero-order chi connectivity index (χ0) is 75.8. The minimum Gasteiger partial charge on any atom is -0.494 e. The summed E-state index contributed by atoms with van der Waals surface area (Å²) in [5.74, 6) is 39.9. The van der Waals surface area contributed by atoms with E-state index in [1.165, 1.54) is 102 Å². The van der Waals surface area contributed by atoms with E-state index in [4.69, 9.17) is 28.4 Å². The van der Waals surface area contributed by atoms with Gasteiger partial charge in [0, 0.05) is 115 Å². The molecule has 0 aliphatic carbocycles. The van der Waals surface area contributed by atoms with Crippen LogP contribution in [0.25, 0.3) is 33.4 Å². The second-order valence-electron chi connectivity index (χ2n) is 23.8. The van der Waals surface area contributed by atoms with Gasteiger partial charge in [0.15, 0.2) is 0 Å². The Hall–Kier alpha value is 0.420. The highest BCUT2D eigenvalue weighted by Crippen LogP contribution is 2.38. The fourth-order valence-corrected chi connectivity index (χ4v) is 23.4. The fraction of sp³-hybridized carbons (Fsp3) is 0.561. The Labute approximate surface area is 727 Å². The first kappa shape index (κ1) is 98.8. The Kier molecular flexibility index (Phi) is 65.0. The first-order chi connectivity index (χ1) is 52.2. The van der Waals surface area contributed by atoms with Crippen LogP contribution in [0.3, 0.4) is 0 Å². The quantitative estimate of drug-likeness (QED) is 0.0162. The Morgan fingerprint density at radius 3 is 0.726 bits per heavy atom. The van der Waals surface area contributed by atoms with Gasteiger partial charge in [-0.2, -0.15) is 217 Å². The lowest BCUT2D eigenvalue weighted by Gasteiger charge is -2.17. The van der Waals surface area contributed by atoms with Crippen molar-refractivity contribution in [1.82, 2.24) is 0 Å². The summed E-state index contributed by atoms with van der Waals surface area (Å²) in [5.41, 5.74) is 11.8. The van der Waals surface area contributed by atoms with Crippen LogP contribution in [-0.2, 0) is 0 Å². The molecule has 0 spiro atoms. The van der Waals surface area contributed by atoms with E-state index in [1.54, 1.807) is 0 Å². The number of benzene rings is 6. The molecule has 0 aliphatic rings. The maximum absolute atomic E-state index is 6.21. The molecule has 6 rings (SSSR count). The van der Waals surface area contributed by atoms with Gasteiger partial charge < -0.3 is 28.4 Å². The van der Waals surface area contributed by atoms with E-state index < -0.39 is 0 Å². The third-order valence-corrected chi connectivity index (χ3v) is 32.2. The molecule has 0 saturated carbocycles. The van der Waals surface area contributed by atoms with Crippen LogP contribution in [0, 0.1) is 27.7 Å². The molecule has 0 bridgehead atoms. The van der Waals surface area contributed by atoms with Gasteiger partial charge in [0.25, 0.3) is 0 Å². The molecule has 24 heteroatoms. The minimum atomic E-state index is 0.736. The van der Waals surface area contributed by atoms with Gasteiger partial charge in [-0.3, -0.25) is 0 Å². The maximum Gasteiger partial charge on any atom is 0.127 e. The Bertz CT molecular complexity index is 2850. The minimum absolute atomic E-state index is 0.736. The van der Waals surface area contributed by atoms with Crippen LogP contribution < -0.4 is 28.4 Å². The zero-order valence-corrected chi connectivity index (χ0v) is 78.4. The van der Waals surface area contributed by atoms with E-state index in [0.29, 0.717) is 0 Å². The largest absolute Gasteiger partial charge is 0.494 e. The maximum atomic E-state index is 6.21. The van der Waals surface area contributed by atoms with Gasteiger partial charge in [0.1, 0.15) is 34.5 Å². The second kappa shape index (κ2) is 69.7. The third kappa shape index (κ3) is 48.1. The molecule has 0 aliphatic heterocycles. The highest BCUT2D eigenvalue weighted by molar-refractivity contribution is 8.05. The second-order valence-corrected chi connectivity index (χ2v) is 41.2. The summed E-state index contributed by atoms with van der Waals surface area (Å²) in [7, 11) is 0. The highest BCUT2D eigenvalue weighted by atomic mass is 32.2. The molecule has 6 nitrogen and oxygen atoms in total. The van der Waals surface area contributed by atoms with Crippen molar-refractivity contribution in [2.45, 2.75) is 66.2 Å². The van der Waals surface area contributed by atoms with Crippen molar-refractivity contribution in [1.29, 1.82) is 0 Å². The summed E-state index contributed by atoms with van der Waals surface area (Å²) in [5, 5.41) is 0. The van der Waals surface area contributed by atoms with Gasteiger partial charge in [-0.25, -0.2) is 0 Å². The molecule has 0 fully saturated rings. The predicted octanol–water partition coefficient (Wildman–Crippen LogP) is 24.3. The summed E-state index contributed by atoms with van der Waals surface area (Å²) in [6, 6.07) is 42.4. The lowest BCUT2D eigenvalue weighted by Crippen LogP contribution is -2.03. The molecule has 0 atom stereocenters. The van der Waals surface area contributed by atoms with Crippen LogP contribution in [0.1, 0.15) is 60.8 Å². The first-order valence-corrected chi connectivity index (χ1v) is 54.8. The molecule has 0 aromatic heterocycles. The smallest absolute Gasteiger partial charge is 0.127 e. The number of thioether (sulfide) groups is 12. The number of ether oxygens (including phenoxy) is 6. The number of rotatable bonds is 63. The molecule has 6 aromatic rings. The standard InChI is InChI=1S/C30H46O2S6.2C26H38O2S6/c1-23-19-27(20-24(2)29(23)31-7-5-11-35-15-17-37-13-9-33)28-21-25(3)30(26(4)22-28)32-8-6-12-36-16-18-38-14-10-34;29-11-15-33-19-17-31-13-3-9-27-25-7-1-5-23(21-25)24-6-2-8-26(22-24)28-10-4-14-32-18-20-34-16-12-30;29-13-17-33-21-19-31-15-5-11-27-25-9-3-1-7-23(25)24-8-2-4-10-26(24)28-12-6-16-32-20-22-34-18-14-30/h19-22,33-34H,5-18H2,1-4H3;1-2,5-8,21-22,29-30H,3-4,9-20H2;1-4,7-10,29-30H,5-6,11-22H2. The third-order valence-electron chi connectivity index (χ3n) is 15.1. The van der Waals surface area contributed by atoms with Crippen LogP contribution in [0.5, 0.6) is 34.5 Å². The Morgan fingerprint density at radius 1 is 0.226 bits per heavy atom. The van der Waals surface area contributed by atoms with Gasteiger partial charge in [0.05, 0.1) is 39.6 Å². The summed E-state index contributed by atoms with van der Waals surface area (Å²) in [6.45, 7) is 13.2. The molecular weight excluding hydrogens is 1660 g/mol. The lowest BCUT2D eigenvalue weighted by atomic mass is 9.96. The monoisotopic (exact) mass is 1780 g/mol. The van der Waals surface area contributed by atoms with Gasteiger partial charge in [-0.15, -0.1) is 0 Å². The average molecular weight is 1780 g/mol. The SMILES string of the molecule is Cc1cc(-c2cc(C)c(OCCCSCCSCCS)c(C)c2)cc(C)c1OCCCSCCSCCS.SCCSCCSCCCOc1cccc(-c2cccc(OCCCSCCSCCS)c2)c1.SCCSCCSCCCOc1ccccc1-c1ccccc1OCCCSCCSCCS. The van der Waals surface area contributed by atoms with Crippen molar-refractivity contribution in [3.05, 3.63) is 144 Å². The van der Waals surface area contributed by atoms with Crippen molar-refractivity contribution in [3.8, 4) is 67.9 Å². The summed E-state index contributed by atoms with van der Waals surface area (Å²) < 4.78 is 36.8. The molecule has 6 aromatic carbocycles. The van der Waals surface area contributed by atoms with Gasteiger partial charge >= 0.3 is 0 Å². The van der Waals surface area contributed by atoms with E-state index in [-0.39, 0.29) is 0 Å². The predicted molar refractivity (Wildman–Crippen MR) is 526 cm³/mol. The summed E-state index contributed by atoms with van der Waals surface area (Å²) >= 11 is 49.5. The van der Waals surface area contributed by atoms with E-state index in [2.05, 4.69) is 201 Å². The molecule has 0 unspecified atom stereocenters. The van der Waals surface area contributed by atoms with E-state index >= 15 is 0 Å². The van der Waals surface area contributed by atoms with E-state index in [9.17, 15) is 0 Å². The van der Waals surface area contributed by atoms with Crippen molar-refractivity contribution in [3.63, 3.8) is 0 Å². The molecule has 0 amide bonds. The number of aryl methyl sites for hydroxylation is 4. The van der Waals surface area contributed by atoms with Crippen LogP contribution in [0.2, 0.25) is 0 Å². The molecule has 0 saturated heterocycles. The summed E-state index contributed by atoms with van der Waals surface area (Å²) in [4.78, 5) is 0. The number of para-hydroxylation sites is 2. The van der Waals surface area contributed by atoms with Crippen LogP contribution >= 0.6 is 217 Å². The highest BCUT2D eigenvalue weighted by Gasteiger charge is 2.15. The lowest BCUT2D eigenvalue weighted by molar-refractivity contribution is 0.314. The van der Waals surface area contributed by atoms with Gasteiger partial charge in [-0.1, -0.05) is 60.7 Å². The molecule has 0 heterocycles. The first-order valence-electron chi connectivity index (χ1n) is 37.1. The molecule has 0 radical (unpaired) electrons. The molecule has 106 heavy (non-hydrogen) atoms. The van der Waals surface area contributed by atoms with Crippen LogP contribution in [0.4, 0.5) is 0 Å². The number of thiol groups is 6. The zero-order valence-electron chi connectivity index (χ0n) is 63.3. The molecule has 0 N–H and O–H groups in total. The van der Waals surface area contributed by atoms with Gasteiger partial charge in [0.2, 0.25) is 0 Å². The molecular formula is C82H122O6S18. The van der Waals surface area contributed by atoms with Crippen molar-refractivity contribution < 1.29 is 28.4 Å². The Morgan fingerprint density at radius 2 is 0.462 bits per heavy atom. The van der Waals surface area contributed by atoms with Gasteiger partial charge in [-0.05, 0) is 240 Å². The summed E-state index contributed by atoms with van der Waals surface area (Å²) in [6.07, 6.45) is 6.41. The van der Waals surface area contributed by atoms with Crippen molar-refractivity contribution in [2.75, 3.05) is 212 Å². The fourth-order valence-electron chi connectivity index (χ4n) is 10.2. The normalized spacial score (nSPS) is 11.1. The topological polar surface area (TPSA) is 55.4 Å². The van der Waals surface area contributed by atoms with Crippen molar-refractivity contribution >= 4 is 217 Å². The number of hydrogen-bond acceptors (Lipinski definition) is 24. The van der Waals surface area contributed by atoms with E-state index in [1.807, 2.05) is 165 Å². The van der Waals surface area contributed by atoms with Crippen molar-refractivity contribution in [2.24, 2.45) is 0 Å². The van der Waals surface area contributed by atoms with Crippen LogP contribution in [-0.4, -0.2) is 212 Å². The average Bonchev–Trinajstić information content (AvgIpc) is 0.811. The van der Waals surface area contributed by atoms with Crippen LogP contribution in [0.15, 0.2) is 121 Å².